The molecule has 23 heavy (non-hydrogen) atoms. The first-order chi connectivity index (χ1) is 10.9. The SMILES string of the molecule is COc1cccn(CC(=O)Nc2cc([N+](=O)[O-])ccc2C)c1=O. The van der Waals surface area contributed by atoms with Crippen LogP contribution in [0.1, 0.15) is 5.56 Å². The highest BCUT2D eigenvalue weighted by atomic mass is 16.6. The van der Waals surface area contributed by atoms with Gasteiger partial charge in [0.05, 0.1) is 17.7 Å². The molecule has 0 atom stereocenters. The lowest BCUT2D eigenvalue weighted by Crippen LogP contribution is -2.27. The van der Waals surface area contributed by atoms with Gasteiger partial charge in [0.25, 0.3) is 11.2 Å². The molecule has 1 N–H and O–H groups in total. The topological polar surface area (TPSA) is 103 Å². The van der Waals surface area contributed by atoms with E-state index in [1.807, 2.05) is 0 Å². The summed E-state index contributed by atoms with van der Waals surface area (Å²) in [5.41, 5.74) is 0.465. The van der Waals surface area contributed by atoms with Crippen LogP contribution >= 0.6 is 0 Å². The van der Waals surface area contributed by atoms with Crippen LogP contribution in [0.4, 0.5) is 11.4 Å². The molecular formula is C15H15N3O5. The normalized spacial score (nSPS) is 10.2. The number of nitro benzene ring substituents is 1. The van der Waals surface area contributed by atoms with Crippen molar-refractivity contribution in [3.05, 3.63) is 62.6 Å². The number of non-ortho nitro benzene ring substituents is 1. The molecule has 0 aliphatic rings. The van der Waals surface area contributed by atoms with Crippen molar-refractivity contribution in [3.8, 4) is 5.75 Å². The lowest BCUT2D eigenvalue weighted by atomic mass is 10.2. The average Bonchev–Trinajstić information content (AvgIpc) is 2.51. The van der Waals surface area contributed by atoms with Crippen molar-refractivity contribution in [1.29, 1.82) is 0 Å². The minimum absolute atomic E-state index is 0.121. The lowest BCUT2D eigenvalue weighted by Gasteiger charge is -2.10. The monoisotopic (exact) mass is 317 g/mol. The minimum atomic E-state index is -0.540. The lowest BCUT2D eigenvalue weighted by molar-refractivity contribution is -0.384. The zero-order valence-corrected chi connectivity index (χ0v) is 12.6. The smallest absolute Gasteiger partial charge is 0.293 e. The molecule has 8 heteroatoms. The van der Waals surface area contributed by atoms with E-state index in [0.717, 1.165) is 0 Å². The van der Waals surface area contributed by atoms with Gasteiger partial charge in [-0.2, -0.15) is 0 Å². The van der Waals surface area contributed by atoms with Crippen LogP contribution in [0.25, 0.3) is 0 Å². The van der Waals surface area contributed by atoms with Crippen LogP contribution in [0.15, 0.2) is 41.3 Å². The molecule has 8 nitrogen and oxygen atoms in total. The number of nitro groups is 1. The number of carbonyl (C=O) groups is 1. The van der Waals surface area contributed by atoms with Crippen LogP contribution in [-0.2, 0) is 11.3 Å². The molecule has 0 unspecified atom stereocenters. The van der Waals surface area contributed by atoms with E-state index in [9.17, 15) is 19.7 Å². The van der Waals surface area contributed by atoms with Crippen molar-refractivity contribution in [2.45, 2.75) is 13.5 Å². The number of hydrogen-bond acceptors (Lipinski definition) is 5. The molecule has 1 amide bonds. The Kier molecular flexibility index (Phi) is 4.75. The number of anilines is 1. The van der Waals surface area contributed by atoms with E-state index in [4.69, 9.17) is 4.74 Å². The van der Waals surface area contributed by atoms with Gasteiger partial charge in [-0.05, 0) is 24.6 Å². The number of nitrogens with zero attached hydrogens (tertiary/aromatic N) is 2. The first-order valence-electron chi connectivity index (χ1n) is 6.70. The molecule has 0 saturated carbocycles. The van der Waals surface area contributed by atoms with E-state index >= 15 is 0 Å². The Morgan fingerprint density at radius 3 is 2.78 bits per heavy atom. The van der Waals surface area contributed by atoms with E-state index in [2.05, 4.69) is 5.32 Å². The zero-order valence-electron chi connectivity index (χ0n) is 12.6. The fourth-order valence-corrected chi connectivity index (χ4v) is 2.00. The molecule has 0 aliphatic carbocycles. The van der Waals surface area contributed by atoms with Crippen LogP contribution < -0.4 is 15.6 Å². The summed E-state index contributed by atoms with van der Waals surface area (Å²) in [4.78, 5) is 34.3. The van der Waals surface area contributed by atoms with E-state index in [-0.39, 0.29) is 18.0 Å². The van der Waals surface area contributed by atoms with Gasteiger partial charge in [0.15, 0.2) is 5.75 Å². The Labute approximate surface area is 131 Å². The van der Waals surface area contributed by atoms with E-state index in [1.165, 1.54) is 36.1 Å². The quantitative estimate of drug-likeness (QED) is 0.668. The number of aromatic nitrogens is 1. The molecule has 0 saturated heterocycles. The second kappa shape index (κ2) is 6.73. The molecule has 0 spiro atoms. The van der Waals surface area contributed by atoms with Crippen LogP contribution in [0.2, 0.25) is 0 Å². The predicted octanol–water partition coefficient (Wildman–Crippen LogP) is 1.71. The number of amides is 1. The second-order valence-electron chi connectivity index (χ2n) is 4.81. The number of methoxy groups -OCH3 is 1. The molecular weight excluding hydrogens is 302 g/mol. The summed E-state index contributed by atoms with van der Waals surface area (Å²) < 4.78 is 6.10. The molecule has 120 valence electrons. The van der Waals surface area contributed by atoms with E-state index in [0.29, 0.717) is 11.3 Å². The Morgan fingerprint density at radius 2 is 2.13 bits per heavy atom. The molecule has 0 radical (unpaired) electrons. The highest BCUT2D eigenvalue weighted by molar-refractivity contribution is 5.91. The Hall–Kier alpha value is -3.16. The van der Waals surface area contributed by atoms with Crippen molar-refractivity contribution in [1.82, 2.24) is 4.57 Å². The Morgan fingerprint density at radius 1 is 1.39 bits per heavy atom. The second-order valence-corrected chi connectivity index (χ2v) is 4.81. The Bertz CT molecular complexity index is 813. The van der Waals surface area contributed by atoms with Gasteiger partial charge in [0.1, 0.15) is 6.54 Å². The molecule has 1 heterocycles. The number of ether oxygens (including phenoxy) is 1. The number of nitrogens with one attached hydrogen (secondary N) is 1. The number of pyridine rings is 1. The van der Waals surface area contributed by atoms with Crippen LogP contribution in [0.5, 0.6) is 5.75 Å². The maximum absolute atomic E-state index is 12.1. The van der Waals surface area contributed by atoms with Gasteiger partial charge in [-0.15, -0.1) is 0 Å². The highest BCUT2D eigenvalue weighted by Gasteiger charge is 2.12. The molecule has 0 aliphatic heterocycles. The third kappa shape index (κ3) is 3.73. The molecule has 0 fully saturated rings. The standard InChI is InChI=1S/C15H15N3O5/c1-10-5-6-11(18(21)22)8-12(10)16-14(19)9-17-7-3-4-13(23-2)15(17)20/h3-8H,9H2,1-2H3,(H,16,19). The number of carbonyl (C=O) groups excluding carboxylic acids is 1. The molecule has 1 aromatic heterocycles. The number of benzene rings is 1. The van der Waals surface area contributed by atoms with Crippen LogP contribution in [0.3, 0.4) is 0 Å². The Balaban J connectivity index is 2.19. The van der Waals surface area contributed by atoms with Gasteiger partial charge in [0, 0.05) is 18.3 Å². The first-order valence-corrected chi connectivity index (χ1v) is 6.70. The maximum Gasteiger partial charge on any atom is 0.293 e. The van der Waals surface area contributed by atoms with E-state index < -0.39 is 16.4 Å². The maximum atomic E-state index is 12.1. The van der Waals surface area contributed by atoms with Crippen molar-refractivity contribution in [2.75, 3.05) is 12.4 Å². The van der Waals surface area contributed by atoms with Crippen molar-refractivity contribution < 1.29 is 14.5 Å². The first kappa shape index (κ1) is 16.2. The third-order valence-corrected chi connectivity index (χ3v) is 3.23. The fourth-order valence-electron chi connectivity index (χ4n) is 2.00. The summed E-state index contributed by atoms with van der Waals surface area (Å²) in [6.07, 6.45) is 1.46. The summed E-state index contributed by atoms with van der Waals surface area (Å²) >= 11 is 0. The zero-order chi connectivity index (χ0) is 17.0. The molecule has 2 rings (SSSR count). The van der Waals surface area contributed by atoms with Gasteiger partial charge < -0.3 is 14.6 Å². The van der Waals surface area contributed by atoms with Gasteiger partial charge >= 0.3 is 0 Å². The highest BCUT2D eigenvalue weighted by Crippen LogP contribution is 2.21. The van der Waals surface area contributed by atoms with Crippen molar-refractivity contribution >= 4 is 17.3 Å². The average molecular weight is 317 g/mol. The molecule has 0 bridgehead atoms. The van der Waals surface area contributed by atoms with Gasteiger partial charge in [-0.3, -0.25) is 19.7 Å². The molecule has 1 aromatic carbocycles. The largest absolute Gasteiger partial charge is 0.491 e. The van der Waals surface area contributed by atoms with Crippen molar-refractivity contribution in [3.63, 3.8) is 0 Å². The summed E-state index contributed by atoms with van der Waals surface area (Å²) in [6, 6.07) is 7.28. The summed E-state index contributed by atoms with van der Waals surface area (Å²) in [5, 5.41) is 13.4. The number of aryl methyl sites for hydroxylation is 1. The summed E-state index contributed by atoms with van der Waals surface area (Å²) in [5.74, 6) is -0.337. The number of hydrogen-bond donors (Lipinski definition) is 1. The fraction of sp³-hybridized carbons (Fsp3) is 0.200. The van der Waals surface area contributed by atoms with Gasteiger partial charge in [0.2, 0.25) is 5.91 Å². The minimum Gasteiger partial charge on any atom is -0.491 e. The summed E-state index contributed by atoms with van der Waals surface area (Å²) in [7, 11) is 1.37. The van der Waals surface area contributed by atoms with Gasteiger partial charge in [-0.25, -0.2) is 0 Å². The third-order valence-electron chi connectivity index (χ3n) is 3.23. The van der Waals surface area contributed by atoms with Crippen LogP contribution in [0, 0.1) is 17.0 Å². The molecule has 2 aromatic rings. The number of rotatable bonds is 5. The van der Waals surface area contributed by atoms with Gasteiger partial charge in [-0.1, -0.05) is 6.07 Å². The van der Waals surface area contributed by atoms with Crippen molar-refractivity contribution in [2.24, 2.45) is 0 Å². The van der Waals surface area contributed by atoms with Crippen LogP contribution in [-0.4, -0.2) is 22.5 Å². The summed E-state index contributed by atoms with van der Waals surface area (Å²) in [6.45, 7) is 1.50. The predicted molar refractivity (Wildman–Crippen MR) is 83.7 cm³/mol. The van der Waals surface area contributed by atoms with E-state index in [1.54, 1.807) is 19.1 Å².